The first-order valence-electron chi connectivity index (χ1n) is 8.48. The molecule has 0 unspecified atom stereocenters. The quantitative estimate of drug-likeness (QED) is 0.813. The van der Waals surface area contributed by atoms with E-state index in [9.17, 15) is 22.0 Å². The maximum absolute atomic E-state index is 12.5. The topological polar surface area (TPSA) is 79.4 Å². The van der Waals surface area contributed by atoms with Gasteiger partial charge in [0.1, 0.15) is 5.82 Å². The Labute approximate surface area is 156 Å². The molecule has 144 valence electrons. The van der Waals surface area contributed by atoms with Crippen LogP contribution in [0.1, 0.15) is 28.8 Å². The Morgan fingerprint density at radius 2 is 1.81 bits per heavy atom. The van der Waals surface area contributed by atoms with Crippen molar-refractivity contribution in [1.82, 2.24) is 10.3 Å². The van der Waals surface area contributed by atoms with E-state index in [2.05, 4.69) is 15.2 Å². The van der Waals surface area contributed by atoms with Crippen molar-refractivity contribution in [2.45, 2.75) is 30.0 Å². The van der Waals surface area contributed by atoms with E-state index in [1.807, 2.05) is 6.07 Å². The molecule has 3 rings (SSSR count). The van der Waals surface area contributed by atoms with Crippen LogP contribution < -0.4 is 10.2 Å². The Hall–Kier alpha value is -2.55. The fraction of sp³-hybridized carbons (Fsp3) is 0.333. The predicted molar refractivity (Wildman–Crippen MR) is 96.5 cm³/mol. The molecule has 6 nitrogen and oxygen atoms in total. The second-order valence-corrected chi connectivity index (χ2v) is 8.15. The van der Waals surface area contributed by atoms with Crippen LogP contribution in [0, 0.1) is 0 Å². The molecule has 1 aliphatic rings. The zero-order valence-electron chi connectivity index (χ0n) is 14.4. The molecule has 1 saturated heterocycles. The van der Waals surface area contributed by atoms with Gasteiger partial charge in [-0.05, 0) is 54.8 Å². The molecule has 1 fully saturated rings. The molecule has 9 heteroatoms. The third kappa shape index (κ3) is 4.41. The zero-order valence-corrected chi connectivity index (χ0v) is 15.3. The fourth-order valence-electron chi connectivity index (χ4n) is 2.87. The van der Waals surface area contributed by atoms with Gasteiger partial charge in [-0.15, -0.1) is 0 Å². The molecule has 1 aromatic heterocycles. The minimum Gasteiger partial charge on any atom is -0.357 e. The van der Waals surface area contributed by atoms with Gasteiger partial charge in [-0.1, -0.05) is 0 Å². The third-order valence-corrected chi connectivity index (χ3v) is 5.77. The van der Waals surface area contributed by atoms with Crippen LogP contribution in [0.3, 0.4) is 0 Å². The lowest BCUT2D eigenvalue weighted by molar-refractivity contribution is 0.0951. The van der Waals surface area contributed by atoms with E-state index in [4.69, 9.17) is 0 Å². The number of hydrogen-bond donors (Lipinski definition) is 1. The van der Waals surface area contributed by atoms with Gasteiger partial charge in [0.15, 0.2) is 0 Å². The van der Waals surface area contributed by atoms with Crippen molar-refractivity contribution in [3.05, 3.63) is 53.7 Å². The lowest BCUT2D eigenvalue weighted by Gasteiger charge is -2.17. The van der Waals surface area contributed by atoms with Crippen molar-refractivity contribution in [2.24, 2.45) is 0 Å². The summed E-state index contributed by atoms with van der Waals surface area (Å²) in [5, 5.41) is 2.73. The van der Waals surface area contributed by atoms with Crippen LogP contribution in [0.4, 0.5) is 14.6 Å². The van der Waals surface area contributed by atoms with Crippen LogP contribution in [0.25, 0.3) is 0 Å². The number of halogens is 2. The van der Waals surface area contributed by atoms with Gasteiger partial charge >= 0.3 is 5.76 Å². The number of nitrogens with zero attached hydrogens (tertiary/aromatic N) is 2. The van der Waals surface area contributed by atoms with Gasteiger partial charge in [-0.3, -0.25) is 4.79 Å². The van der Waals surface area contributed by atoms with Gasteiger partial charge in [0.05, 0.1) is 4.90 Å². The van der Waals surface area contributed by atoms with Crippen molar-refractivity contribution in [1.29, 1.82) is 0 Å². The molecule has 2 heterocycles. The number of carbonyl (C=O) groups excluding carboxylic acids is 1. The van der Waals surface area contributed by atoms with Crippen LogP contribution in [0.2, 0.25) is 0 Å². The first kappa shape index (κ1) is 19.2. The second kappa shape index (κ2) is 7.99. The Bertz CT molecular complexity index is 912. The number of anilines is 1. The Balaban J connectivity index is 1.63. The lowest BCUT2D eigenvalue weighted by atomic mass is 10.2. The molecule has 27 heavy (non-hydrogen) atoms. The predicted octanol–water partition coefficient (Wildman–Crippen LogP) is 2.61. The number of nitrogens with one attached hydrogen (secondary N) is 1. The minimum atomic E-state index is -4.66. The molecule has 0 spiro atoms. The molecule has 0 bridgehead atoms. The van der Waals surface area contributed by atoms with Gasteiger partial charge in [0.2, 0.25) is 9.84 Å². The summed E-state index contributed by atoms with van der Waals surface area (Å²) in [5.74, 6) is -3.04. The highest BCUT2D eigenvalue weighted by molar-refractivity contribution is 7.91. The number of alkyl halides is 2. The highest BCUT2D eigenvalue weighted by Crippen LogP contribution is 2.20. The maximum Gasteiger partial charge on any atom is 0.341 e. The van der Waals surface area contributed by atoms with Crippen LogP contribution in [0.15, 0.2) is 47.5 Å². The summed E-state index contributed by atoms with van der Waals surface area (Å²) >= 11 is 0. The number of aromatic nitrogens is 1. The van der Waals surface area contributed by atoms with E-state index in [1.54, 1.807) is 12.3 Å². The zero-order chi connectivity index (χ0) is 19.4. The van der Waals surface area contributed by atoms with E-state index in [-0.39, 0.29) is 12.1 Å². The number of rotatable bonds is 6. The van der Waals surface area contributed by atoms with Crippen LogP contribution in [-0.2, 0) is 16.4 Å². The third-order valence-electron chi connectivity index (χ3n) is 4.37. The van der Waals surface area contributed by atoms with Gasteiger partial charge < -0.3 is 10.2 Å². The highest BCUT2D eigenvalue weighted by atomic mass is 32.2. The van der Waals surface area contributed by atoms with E-state index in [0.717, 1.165) is 49.4 Å². The summed E-state index contributed by atoms with van der Waals surface area (Å²) in [6.07, 6.45) is 3.97. The van der Waals surface area contributed by atoms with Gasteiger partial charge in [0, 0.05) is 31.4 Å². The van der Waals surface area contributed by atoms with E-state index in [0.29, 0.717) is 0 Å². The molecule has 2 aromatic rings. The molecule has 0 saturated carbocycles. The molecule has 0 radical (unpaired) electrons. The van der Waals surface area contributed by atoms with Crippen molar-refractivity contribution >= 4 is 21.6 Å². The fourth-order valence-corrected chi connectivity index (χ4v) is 3.59. The van der Waals surface area contributed by atoms with Crippen LogP contribution >= 0.6 is 0 Å². The minimum absolute atomic E-state index is 0.192. The summed E-state index contributed by atoms with van der Waals surface area (Å²) in [7, 11) is -4.66. The number of benzene rings is 1. The monoisotopic (exact) mass is 395 g/mol. The molecule has 1 aliphatic heterocycles. The van der Waals surface area contributed by atoms with Crippen molar-refractivity contribution in [3.8, 4) is 0 Å². The summed E-state index contributed by atoms with van der Waals surface area (Å²) in [6, 6.07) is 8.17. The Morgan fingerprint density at radius 1 is 1.15 bits per heavy atom. The summed E-state index contributed by atoms with van der Waals surface area (Å²) < 4.78 is 47.9. The summed E-state index contributed by atoms with van der Waals surface area (Å²) in [5.41, 5.74) is 1.08. The first-order chi connectivity index (χ1) is 12.9. The van der Waals surface area contributed by atoms with Crippen molar-refractivity contribution < 1.29 is 22.0 Å². The highest BCUT2D eigenvalue weighted by Gasteiger charge is 2.26. The molecule has 1 N–H and O–H groups in total. The van der Waals surface area contributed by atoms with Crippen LogP contribution in [0.5, 0.6) is 0 Å². The molecule has 0 aliphatic carbocycles. The van der Waals surface area contributed by atoms with Gasteiger partial charge in [0.25, 0.3) is 5.91 Å². The number of amides is 1. The molecular formula is C18H19F2N3O3S. The SMILES string of the molecule is O=C(NCc1ccnc(N2CCCC2)c1)c1ccc(S(=O)(=O)C(F)F)cc1. The Morgan fingerprint density at radius 3 is 2.44 bits per heavy atom. The van der Waals surface area contributed by atoms with E-state index < -0.39 is 26.4 Å². The van der Waals surface area contributed by atoms with Crippen LogP contribution in [-0.4, -0.2) is 38.2 Å². The van der Waals surface area contributed by atoms with Crippen molar-refractivity contribution in [2.75, 3.05) is 18.0 Å². The second-order valence-electron chi connectivity index (χ2n) is 6.23. The number of carbonyl (C=O) groups is 1. The van der Waals surface area contributed by atoms with E-state index in [1.165, 1.54) is 12.1 Å². The smallest absolute Gasteiger partial charge is 0.341 e. The average Bonchev–Trinajstić information content (AvgIpc) is 3.21. The maximum atomic E-state index is 12.5. The summed E-state index contributed by atoms with van der Waals surface area (Å²) in [6.45, 7) is 2.21. The molecular weight excluding hydrogens is 376 g/mol. The number of hydrogen-bond acceptors (Lipinski definition) is 5. The normalized spacial score (nSPS) is 14.6. The van der Waals surface area contributed by atoms with Gasteiger partial charge in [-0.25, -0.2) is 13.4 Å². The summed E-state index contributed by atoms with van der Waals surface area (Å²) in [4.78, 5) is 18.2. The van der Waals surface area contributed by atoms with E-state index >= 15 is 0 Å². The molecule has 1 aromatic carbocycles. The van der Waals surface area contributed by atoms with Gasteiger partial charge in [-0.2, -0.15) is 8.78 Å². The standard InChI is InChI=1S/C18H19F2N3O3S/c19-18(20)27(25,26)15-5-3-14(4-6-15)17(24)22-12-13-7-8-21-16(11-13)23-9-1-2-10-23/h3-8,11,18H,1-2,9-10,12H2,(H,22,24). The number of pyridine rings is 1. The first-order valence-corrected chi connectivity index (χ1v) is 10.0. The van der Waals surface area contributed by atoms with Crippen molar-refractivity contribution in [3.63, 3.8) is 0 Å². The average molecular weight is 395 g/mol. The molecule has 0 atom stereocenters. The molecule has 1 amide bonds. The Kier molecular flexibility index (Phi) is 5.69. The number of sulfone groups is 1. The largest absolute Gasteiger partial charge is 0.357 e. The lowest BCUT2D eigenvalue weighted by Crippen LogP contribution is -2.23.